The molecule has 0 saturated heterocycles. The molecule has 0 amide bonds. The molecular weight excluding hydrogens is 240 g/mol. The predicted octanol–water partition coefficient (Wildman–Crippen LogP) is 1.97. The van der Waals surface area contributed by atoms with Gasteiger partial charge in [0.05, 0.1) is 6.10 Å². The second kappa shape index (κ2) is 7.41. The Morgan fingerprint density at radius 1 is 1.33 bits per heavy atom. The van der Waals surface area contributed by atoms with Gasteiger partial charge in [0, 0.05) is 26.8 Å². The number of benzene rings is 1. The zero-order valence-electron chi connectivity index (χ0n) is 10.7. The molecule has 0 heterocycles. The average Bonchev–Trinajstić information content (AvgIpc) is 2.33. The highest BCUT2D eigenvalue weighted by molar-refractivity contribution is 5.20. The molecule has 0 aliphatic heterocycles. The number of rotatable bonds is 7. The standard InChI is InChI=1S/C13H19F2NO2/c1-16(6-3-7-18-2)9-13(17)10-4-5-11(14)12(15)8-10/h4-5,8,13,17H,3,6-7,9H2,1-2H3. The van der Waals surface area contributed by atoms with Crippen molar-refractivity contribution in [2.45, 2.75) is 12.5 Å². The van der Waals surface area contributed by atoms with Gasteiger partial charge in [0.25, 0.3) is 0 Å². The quantitative estimate of drug-likeness (QED) is 0.760. The molecule has 0 saturated carbocycles. The van der Waals surface area contributed by atoms with Gasteiger partial charge in [0.1, 0.15) is 0 Å². The molecule has 3 nitrogen and oxygen atoms in total. The number of hydrogen-bond donors (Lipinski definition) is 1. The molecule has 5 heteroatoms. The Morgan fingerprint density at radius 2 is 2.06 bits per heavy atom. The van der Waals surface area contributed by atoms with Crippen molar-refractivity contribution in [3.8, 4) is 0 Å². The number of hydrogen-bond acceptors (Lipinski definition) is 3. The fourth-order valence-electron chi connectivity index (χ4n) is 1.69. The molecule has 0 aliphatic carbocycles. The van der Waals surface area contributed by atoms with Crippen molar-refractivity contribution >= 4 is 0 Å². The van der Waals surface area contributed by atoms with Crippen LogP contribution in [0, 0.1) is 11.6 Å². The Morgan fingerprint density at radius 3 is 2.67 bits per heavy atom. The smallest absolute Gasteiger partial charge is 0.159 e. The Balaban J connectivity index is 2.48. The summed E-state index contributed by atoms with van der Waals surface area (Å²) in [6, 6.07) is 3.45. The fraction of sp³-hybridized carbons (Fsp3) is 0.538. The lowest BCUT2D eigenvalue weighted by Crippen LogP contribution is -2.26. The summed E-state index contributed by atoms with van der Waals surface area (Å²) in [7, 11) is 3.49. The van der Waals surface area contributed by atoms with Gasteiger partial charge in [-0.15, -0.1) is 0 Å². The maximum absolute atomic E-state index is 13.0. The summed E-state index contributed by atoms with van der Waals surface area (Å²) >= 11 is 0. The van der Waals surface area contributed by atoms with Crippen LogP contribution in [0.25, 0.3) is 0 Å². The molecule has 1 N–H and O–H groups in total. The Bertz CT molecular complexity index is 374. The van der Waals surface area contributed by atoms with Crippen molar-refractivity contribution in [1.29, 1.82) is 0 Å². The fourth-order valence-corrected chi connectivity index (χ4v) is 1.69. The molecule has 0 bridgehead atoms. The van der Waals surface area contributed by atoms with Crippen LogP contribution in [0.15, 0.2) is 18.2 Å². The SMILES string of the molecule is COCCCN(C)CC(O)c1ccc(F)c(F)c1. The second-order valence-electron chi connectivity index (χ2n) is 4.30. The van der Waals surface area contributed by atoms with Crippen LogP contribution in [0.5, 0.6) is 0 Å². The van der Waals surface area contributed by atoms with E-state index in [-0.39, 0.29) is 0 Å². The van der Waals surface area contributed by atoms with Crippen LogP contribution in [0.1, 0.15) is 18.1 Å². The maximum atomic E-state index is 13.0. The van der Waals surface area contributed by atoms with E-state index in [0.717, 1.165) is 25.1 Å². The van der Waals surface area contributed by atoms with Gasteiger partial charge in [-0.2, -0.15) is 0 Å². The van der Waals surface area contributed by atoms with Gasteiger partial charge in [-0.05, 0) is 31.2 Å². The lowest BCUT2D eigenvalue weighted by atomic mass is 10.1. The van der Waals surface area contributed by atoms with Crippen LogP contribution in [-0.4, -0.2) is 43.9 Å². The van der Waals surface area contributed by atoms with E-state index in [1.807, 2.05) is 11.9 Å². The van der Waals surface area contributed by atoms with Crippen LogP contribution in [0.3, 0.4) is 0 Å². The zero-order chi connectivity index (χ0) is 13.5. The molecule has 1 unspecified atom stereocenters. The molecule has 18 heavy (non-hydrogen) atoms. The van der Waals surface area contributed by atoms with Gasteiger partial charge in [0.2, 0.25) is 0 Å². The van der Waals surface area contributed by atoms with Gasteiger partial charge in [0.15, 0.2) is 11.6 Å². The molecule has 1 aromatic carbocycles. The predicted molar refractivity (Wildman–Crippen MR) is 65.3 cm³/mol. The molecule has 1 atom stereocenters. The highest BCUT2D eigenvalue weighted by Crippen LogP contribution is 2.17. The lowest BCUT2D eigenvalue weighted by Gasteiger charge is -2.20. The number of nitrogens with zero attached hydrogens (tertiary/aromatic N) is 1. The van der Waals surface area contributed by atoms with E-state index in [9.17, 15) is 13.9 Å². The maximum Gasteiger partial charge on any atom is 0.159 e. The molecular formula is C13H19F2NO2. The first-order valence-electron chi connectivity index (χ1n) is 5.85. The minimum Gasteiger partial charge on any atom is -0.387 e. The first kappa shape index (κ1) is 15.0. The first-order valence-corrected chi connectivity index (χ1v) is 5.85. The van der Waals surface area contributed by atoms with E-state index >= 15 is 0 Å². The summed E-state index contributed by atoms with van der Waals surface area (Å²) in [4.78, 5) is 1.92. The van der Waals surface area contributed by atoms with Crippen molar-refractivity contribution < 1.29 is 18.6 Å². The number of methoxy groups -OCH3 is 1. The van der Waals surface area contributed by atoms with E-state index in [4.69, 9.17) is 4.74 Å². The largest absolute Gasteiger partial charge is 0.387 e. The molecule has 0 aromatic heterocycles. The molecule has 0 radical (unpaired) electrons. The lowest BCUT2D eigenvalue weighted by molar-refractivity contribution is 0.117. The highest BCUT2D eigenvalue weighted by Gasteiger charge is 2.12. The number of halogens is 2. The zero-order valence-corrected chi connectivity index (χ0v) is 10.7. The summed E-state index contributed by atoms with van der Waals surface area (Å²) in [6.07, 6.45) is 0.0324. The molecule has 0 aliphatic rings. The normalized spacial score (nSPS) is 13.0. The van der Waals surface area contributed by atoms with Crippen molar-refractivity contribution in [3.05, 3.63) is 35.4 Å². The summed E-state index contributed by atoms with van der Waals surface area (Å²) in [5, 5.41) is 9.90. The van der Waals surface area contributed by atoms with Crippen molar-refractivity contribution in [2.24, 2.45) is 0 Å². The Hall–Kier alpha value is -1.04. The molecule has 0 fully saturated rings. The molecule has 0 spiro atoms. The average molecular weight is 259 g/mol. The van der Waals surface area contributed by atoms with Gasteiger partial charge in [-0.1, -0.05) is 6.07 Å². The van der Waals surface area contributed by atoms with Crippen LogP contribution >= 0.6 is 0 Å². The topological polar surface area (TPSA) is 32.7 Å². The number of likely N-dealkylation sites (N-methyl/N-ethyl adjacent to an activating group) is 1. The first-order chi connectivity index (χ1) is 8.54. The summed E-state index contributed by atoms with van der Waals surface area (Å²) < 4.78 is 30.7. The Kier molecular flexibility index (Phi) is 6.18. The number of ether oxygens (including phenoxy) is 1. The van der Waals surface area contributed by atoms with E-state index < -0.39 is 17.7 Å². The van der Waals surface area contributed by atoms with Gasteiger partial charge in [-0.3, -0.25) is 0 Å². The van der Waals surface area contributed by atoms with Crippen molar-refractivity contribution in [1.82, 2.24) is 4.90 Å². The minimum absolute atomic E-state index is 0.370. The minimum atomic E-state index is -0.936. The van der Waals surface area contributed by atoms with E-state index in [1.165, 1.54) is 6.07 Å². The van der Waals surface area contributed by atoms with Crippen LogP contribution < -0.4 is 0 Å². The van der Waals surface area contributed by atoms with Gasteiger partial charge < -0.3 is 14.7 Å². The monoisotopic (exact) mass is 259 g/mol. The summed E-state index contributed by atoms with van der Waals surface area (Å²) in [6.45, 7) is 1.80. The summed E-state index contributed by atoms with van der Waals surface area (Å²) in [5.74, 6) is -1.84. The number of aliphatic hydroxyl groups is 1. The molecule has 1 rings (SSSR count). The molecule has 102 valence electrons. The van der Waals surface area contributed by atoms with Crippen LogP contribution in [0.4, 0.5) is 8.78 Å². The van der Waals surface area contributed by atoms with Crippen molar-refractivity contribution in [2.75, 3.05) is 33.9 Å². The summed E-state index contributed by atoms with van der Waals surface area (Å²) in [5.41, 5.74) is 0.382. The second-order valence-corrected chi connectivity index (χ2v) is 4.30. The van der Waals surface area contributed by atoms with Gasteiger partial charge >= 0.3 is 0 Å². The van der Waals surface area contributed by atoms with Crippen LogP contribution in [0.2, 0.25) is 0 Å². The molecule has 1 aromatic rings. The van der Waals surface area contributed by atoms with E-state index in [1.54, 1.807) is 7.11 Å². The van der Waals surface area contributed by atoms with Crippen LogP contribution in [-0.2, 0) is 4.74 Å². The highest BCUT2D eigenvalue weighted by atomic mass is 19.2. The van der Waals surface area contributed by atoms with E-state index in [0.29, 0.717) is 18.7 Å². The third-order valence-electron chi connectivity index (χ3n) is 2.70. The number of aliphatic hydroxyl groups excluding tert-OH is 1. The Labute approximate surface area is 106 Å². The third-order valence-corrected chi connectivity index (χ3v) is 2.70. The van der Waals surface area contributed by atoms with E-state index in [2.05, 4.69) is 0 Å². The third kappa shape index (κ3) is 4.68. The van der Waals surface area contributed by atoms with Gasteiger partial charge in [-0.25, -0.2) is 8.78 Å². The van der Waals surface area contributed by atoms with Crippen molar-refractivity contribution in [3.63, 3.8) is 0 Å².